The highest BCUT2D eigenvalue weighted by atomic mass is 16.7. The van der Waals surface area contributed by atoms with Crippen molar-refractivity contribution in [3.05, 3.63) is 0 Å². The fourth-order valence-corrected chi connectivity index (χ4v) is 5.03. The van der Waals surface area contributed by atoms with Crippen molar-refractivity contribution in [3.8, 4) is 0 Å². The predicted molar refractivity (Wildman–Crippen MR) is 159 cm³/mol. The largest absolute Gasteiger partial charge is 0.459 e. The second kappa shape index (κ2) is 18.2. The lowest BCUT2D eigenvalue weighted by molar-refractivity contribution is -0.870. The summed E-state index contributed by atoms with van der Waals surface area (Å²) in [5.41, 5.74) is -0.834. The van der Waals surface area contributed by atoms with Crippen LogP contribution in [0.1, 0.15) is 86.0 Å². The first-order valence-electron chi connectivity index (χ1n) is 15.6. The molecule has 1 heterocycles. The quantitative estimate of drug-likeness (QED) is 0.0932. The normalized spacial score (nSPS) is 24.6. The van der Waals surface area contributed by atoms with Crippen molar-refractivity contribution in [1.82, 2.24) is 5.32 Å². The van der Waals surface area contributed by atoms with E-state index in [1.807, 2.05) is 35.0 Å². The maximum Gasteiger partial charge on any atom is 0.311 e. The summed E-state index contributed by atoms with van der Waals surface area (Å²) in [7, 11) is 6.08. The number of carbonyl (C=O) groups is 3. The Labute approximate surface area is 252 Å². The predicted octanol–water partition coefficient (Wildman–Crippen LogP) is 2.18. The zero-order chi connectivity index (χ0) is 32.1. The van der Waals surface area contributed by atoms with Crippen LogP contribution in [-0.4, -0.2) is 116 Å². The highest BCUT2D eigenvalue weighted by molar-refractivity contribution is 5.83. The number of nitrogens with one attached hydrogen (secondary N) is 1. The molecule has 1 fully saturated rings. The molecule has 1 aliphatic heterocycles. The van der Waals surface area contributed by atoms with Crippen molar-refractivity contribution in [2.45, 2.75) is 117 Å². The Morgan fingerprint density at radius 3 is 2.14 bits per heavy atom. The second-order valence-corrected chi connectivity index (χ2v) is 13.4. The number of rotatable bonds is 20. The molecule has 0 saturated carbocycles. The van der Waals surface area contributed by atoms with Gasteiger partial charge in [-0.3, -0.25) is 14.4 Å². The SMILES string of the molecule is CCC(CC(CC(C)(C)C(=O)OCC[N+](C)(C)C)C(C)=O)C(=O)NCCCCCCO[C@H]1OC(CC)[C@@H](O)[C@H](O)C1O. The number of unbranched alkanes of at least 4 members (excludes halogenated alkanes) is 3. The minimum Gasteiger partial charge on any atom is -0.459 e. The lowest BCUT2D eigenvalue weighted by Gasteiger charge is -2.40. The van der Waals surface area contributed by atoms with E-state index >= 15 is 0 Å². The maximum absolute atomic E-state index is 12.9. The van der Waals surface area contributed by atoms with E-state index in [1.54, 1.807) is 13.8 Å². The molecule has 1 amide bonds. The Morgan fingerprint density at radius 2 is 1.57 bits per heavy atom. The number of ketones is 1. The van der Waals surface area contributed by atoms with Crippen LogP contribution in [0, 0.1) is 17.3 Å². The van der Waals surface area contributed by atoms with Crippen LogP contribution in [0.25, 0.3) is 0 Å². The lowest BCUT2D eigenvalue weighted by atomic mass is 9.77. The van der Waals surface area contributed by atoms with Crippen LogP contribution in [0.4, 0.5) is 0 Å². The lowest BCUT2D eigenvalue weighted by Crippen LogP contribution is -2.58. The summed E-state index contributed by atoms with van der Waals surface area (Å²) in [6.07, 6.45) is -0.249. The number of Topliss-reactive ketones (excluding diaryl/α,β-unsaturated/α-hetero) is 1. The summed E-state index contributed by atoms with van der Waals surface area (Å²) in [6.45, 7) is 10.7. The summed E-state index contributed by atoms with van der Waals surface area (Å²) in [6, 6.07) is 0. The highest BCUT2D eigenvalue weighted by Crippen LogP contribution is 2.32. The average Bonchev–Trinajstić information content (AvgIpc) is 2.91. The summed E-state index contributed by atoms with van der Waals surface area (Å²) in [5.74, 6) is -1.16. The fourth-order valence-electron chi connectivity index (χ4n) is 5.03. The molecule has 1 rings (SSSR count). The van der Waals surface area contributed by atoms with E-state index in [2.05, 4.69) is 5.32 Å². The number of hydrogen-bond donors (Lipinski definition) is 4. The number of ether oxygens (including phenoxy) is 3. The van der Waals surface area contributed by atoms with Gasteiger partial charge in [0, 0.05) is 25.0 Å². The zero-order valence-corrected chi connectivity index (χ0v) is 27.3. The van der Waals surface area contributed by atoms with Gasteiger partial charge < -0.3 is 39.3 Å². The number of hydrogen-bond acceptors (Lipinski definition) is 9. The van der Waals surface area contributed by atoms with Crippen LogP contribution in [0.2, 0.25) is 0 Å². The standard InChI is InChI=1S/C31H58N2O9/c1-9-22(19-23(21(3)34)20-31(4,5)30(39)41-18-16-33(6,7)8)28(38)32-15-13-11-12-14-17-40-29-27(37)26(36)25(35)24(10-2)42-29/h22-27,29,35-37H,9-20H2,1-8H3/p+1/t22?,23?,24?,25-,26+,27?,29+/m1/s1. The van der Waals surface area contributed by atoms with Crippen LogP contribution in [-0.2, 0) is 28.6 Å². The van der Waals surface area contributed by atoms with Crippen molar-refractivity contribution < 1.29 is 48.4 Å². The molecule has 0 spiro atoms. The molecular weight excluding hydrogens is 544 g/mol. The van der Waals surface area contributed by atoms with Gasteiger partial charge in [0.05, 0.1) is 32.7 Å². The van der Waals surface area contributed by atoms with Gasteiger partial charge in [0.25, 0.3) is 0 Å². The highest BCUT2D eigenvalue weighted by Gasteiger charge is 2.43. The van der Waals surface area contributed by atoms with Gasteiger partial charge in [-0.05, 0) is 59.3 Å². The first-order chi connectivity index (χ1) is 19.5. The Bertz CT molecular complexity index is 828. The third kappa shape index (κ3) is 13.3. The van der Waals surface area contributed by atoms with Gasteiger partial charge in [-0.25, -0.2) is 0 Å². The number of aliphatic hydroxyl groups is 3. The molecule has 11 heteroatoms. The molecule has 246 valence electrons. The van der Waals surface area contributed by atoms with E-state index in [4.69, 9.17) is 14.2 Å². The molecule has 4 unspecified atom stereocenters. The van der Waals surface area contributed by atoms with E-state index in [-0.39, 0.29) is 23.6 Å². The molecule has 0 aromatic rings. The number of quaternary nitrogens is 1. The van der Waals surface area contributed by atoms with Gasteiger partial charge in [-0.1, -0.05) is 26.7 Å². The molecule has 42 heavy (non-hydrogen) atoms. The molecule has 0 bridgehead atoms. The molecule has 0 aliphatic carbocycles. The van der Waals surface area contributed by atoms with Crippen molar-refractivity contribution in [3.63, 3.8) is 0 Å². The molecule has 4 N–H and O–H groups in total. The molecule has 7 atom stereocenters. The average molecular weight is 604 g/mol. The number of esters is 1. The van der Waals surface area contributed by atoms with Crippen LogP contribution >= 0.6 is 0 Å². The number of aliphatic hydroxyl groups excluding tert-OH is 3. The number of carbonyl (C=O) groups excluding carboxylic acids is 3. The van der Waals surface area contributed by atoms with Gasteiger partial charge >= 0.3 is 5.97 Å². The molecule has 0 aromatic carbocycles. The van der Waals surface area contributed by atoms with Crippen LogP contribution in [0.15, 0.2) is 0 Å². The van der Waals surface area contributed by atoms with Crippen molar-refractivity contribution in [2.75, 3.05) is 47.4 Å². The summed E-state index contributed by atoms with van der Waals surface area (Å²) < 4.78 is 17.4. The van der Waals surface area contributed by atoms with Gasteiger partial charge in [-0.15, -0.1) is 0 Å². The Morgan fingerprint density at radius 1 is 0.929 bits per heavy atom. The van der Waals surface area contributed by atoms with E-state index in [0.717, 1.165) is 25.7 Å². The molecule has 0 aromatic heterocycles. The Balaban J connectivity index is 2.40. The third-order valence-electron chi connectivity index (χ3n) is 8.04. The first kappa shape index (κ1) is 38.4. The van der Waals surface area contributed by atoms with E-state index in [1.165, 1.54) is 6.92 Å². The van der Waals surface area contributed by atoms with Crippen molar-refractivity contribution in [2.24, 2.45) is 17.3 Å². The molecule has 0 radical (unpaired) electrons. The monoisotopic (exact) mass is 603 g/mol. The summed E-state index contributed by atoms with van der Waals surface area (Å²) in [4.78, 5) is 38.1. The molecular formula is C31H59N2O9+. The molecule has 1 saturated heterocycles. The van der Waals surface area contributed by atoms with Crippen molar-refractivity contribution >= 4 is 17.7 Å². The van der Waals surface area contributed by atoms with Gasteiger partial charge in [-0.2, -0.15) is 0 Å². The van der Waals surface area contributed by atoms with E-state index < -0.39 is 42.0 Å². The topological polar surface area (TPSA) is 152 Å². The first-order valence-corrected chi connectivity index (χ1v) is 15.6. The van der Waals surface area contributed by atoms with Gasteiger partial charge in [0.15, 0.2) is 6.29 Å². The maximum atomic E-state index is 12.9. The Kier molecular flexibility index (Phi) is 16.7. The number of amides is 1. The zero-order valence-electron chi connectivity index (χ0n) is 27.3. The number of nitrogens with zero attached hydrogens (tertiary/aromatic N) is 1. The van der Waals surface area contributed by atoms with Crippen LogP contribution < -0.4 is 5.32 Å². The Hall–Kier alpha value is -1.63. The molecule has 1 aliphatic rings. The van der Waals surface area contributed by atoms with E-state index in [9.17, 15) is 29.7 Å². The summed E-state index contributed by atoms with van der Waals surface area (Å²) in [5, 5.41) is 33.0. The van der Waals surface area contributed by atoms with E-state index in [0.29, 0.717) is 56.5 Å². The van der Waals surface area contributed by atoms with Crippen LogP contribution in [0.3, 0.4) is 0 Å². The smallest absolute Gasteiger partial charge is 0.311 e. The van der Waals surface area contributed by atoms with Gasteiger partial charge in [0.1, 0.15) is 37.2 Å². The summed E-state index contributed by atoms with van der Waals surface area (Å²) >= 11 is 0. The minimum absolute atomic E-state index is 0.0299. The molecule has 11 nitrogen and oxygen atoms in total. The number of likely N-dealkylation sites (N-methyl/N-ethyl adjacent to an activating group) is 1. The second-order valence-electron chi connectivity index (χ2n) is 13.4. The van der Waals surface area contributed by atoms with Crippen LogP contribution in [0.5, 0.6) is 0 Å². The van der Waals surface area contributed by atoms with Crippen molar-refractivity contribution in [1.29, 1.82) is 0 Å². The van der Waals surface area contributed by atoms with Gasteiger partial charge in [0.2, 0.25) is 5.91 Å². The fraction of sp³-hybridized carbons (Fsp3) is 0.903. The third-order valence-corrected chi connectivity index (χ3v) is 8.04. The minimum atomic E-state index is -1.30.